The van der Waals surface area contributed by atoms with Gasteiger partial charge in [-0.05, 0) is 49.9 Å². The van der Waals surface area contributed by atoms with E-state index in [9.17, 15) is 4.79 Å². The molecule has 1 aliphatic heterocycles. The molecule has 3 heteroatoms. The van der Waals surface area contributed by atoms with E-state index in [1.807, 2.05) is 12.1 Å². The van der Waals surface area contributed by atoms with E-state index in [4.69, 9.17) is 5.11 Å². The second kappa shape index (κ2) is 5.53. The number of benzene rings is 1. The first-order chi connectivity index (χ1) is 8.56. The van der Waals surface area contributed by atoms with Gasteiger partial charge in [0.25, 0.3) is 0 Å². The minimum absolute atomic E-state index is 0.380. The summed E-state index contributed by atoms with van der Waals surface area (Å²) >= 11 is 0. The van der Waals surface area contributed by atoms with Crippen LogP contribution in [0.25, 0.3) is 0 Å². The maximum Gasteiger partial charge on any atom is 0.335 e. The van der Waals surface area contributed by atoms with Crippen LogP contribution in [0.4, 0.5) is 0 Å². The maximum atomic E-state index is 10.9. The molecule has 2 atom stereocenters. The lowest BCUT2D eigenvalue weighted by molar-refractivity contribution is 0.0696. The summed E-state index contributed by atoms with van der Waals surface area (Å²) in [4.78, 5) is 13.4. The molecule has 1 N–H and O–H groups in total. The third-order valence-electron chi connectivity index (χ3n) is 3.84. The monoisotopic (exact) mass is 247 g/mol. The number of hydrogen-bond acceptors (Lipinski definition) is 2. The number of piperidine rings is 1. The van der Waals surface area contributed by atoms with Crippen LogP contribution in [0.3, 0.4) is 0 Å². The topological polar surface area (TPSA) is 40.5 Å². The molecular formula is C15H21NO2. The van der Waals surface area contributed by atoms with Crippen molar-refractivity contribution in [3.63, 3.8) is 0 Å². The van der Waals surface area contributed by atoms with Gasteiger partial charge in [-0.15, -0.1) is 0 Å². The van der Waals surface area contributed by atoms with Gasteiger partial charge in [0.1, 0.15) is 0 Å². The SMILES string of the molecule is CC1CCN(Cc2cccc(C(=O)O)c2)C(C)C1. The van der Waals surface area contributed by atoms with Crippen molar-refractivity contribution in [2.45, 2.75) is 39.3 Å². The highest BCUT2D eigenvalue weighted by Crippen LogP contribution is 2.23. The van der Waals surface area contributed by atoms with E-state index in [2.05, 4.69) is 18.7 Å². The summed E-state index contributed by atoms with van der Waals surface area (Å²) in [5, 5.41) is 8.99. The van der Waals surface area contributed by atoms with Crippen molar-refractivity contribution in [2.24, 2.45) is 5.92 Å². The fraction of sp³-hybridized carbons (Fsp3) is 0.533. The van der Waals surface area contributed by atoms with Crippen LogP contribution in [0, 0.1) is 5.92 Å². The quantitative estimate of drug-likeness (QED) is 0.892. The number of carboxylic acid groups (broad SMARTS) is 1. The molecule has 1 fully saturated rings. The summed E-state index contributed by atoms with van der Waals surface area (Å²) in [6.07, 6.45) is 2.47. The first kappa shape index (κ1) is 13.1. The third-order valence-corrected chi connectivity index (χ3v) is 3.84. The van der Waals surface area contributed by atoms with Crippen LogP contribution in [-0.2, 0) is 6.54 Å². The third kappa shape index (κ3) is 3.10. The van der Waals surface area contributed by atoms with E-state index >= 15 is 0 Å². The lowest BCUT2D eigenvalue weighted by Gasteiger charge is -2.36. The molecule has 1 aromatic carbocycles. The van der Waals surface area contributed by atoms with Gasteiger partial charge in [0.05, 0.1) is 5.56 Å². The molecule has 1 aromatic rings. The molecule has 2 rings (SSSR count). The molecule has 3 nitrogen and oxygen atoms in total. The van der Waals surface area contributed by atoms with Gasteiger partial charge in [0, 0.05) is 12.6 Å². The van der Waals surface area contributed by atoms with Gasteiger partial charge in [0.15, 0.2) is 0 Å². The van der Waals surface area contributed by atoms with Gasteiger partial charge in [-0.2, -0.15) is 0 Å². The van der Waals surface area contributed by atoms with Crippen LogP contribution in [0.2, 0.25) is 0 Å². The molecule has 1 heterocycles. The Balaban J connectivity index is 2.05. The molecule has 18 heavy (non-hydrogen) atoms. The lowest BCUT2D eigenvalue weighted by Crippen LogP contribution is -2.39. The zero-order valence-corrected chi connectivity index (χ0v) is 11.1. The smallest absolute Gasteiger partial charge is 0.335 e. The number of carbonyl (C=O) groups is 1. The van der Waals surface area contributed by atoms with Gasteiger partial charge in [0.2, 0.25) is 0 Å². The van der Waals surface area contributed by atoms with Crippen molar-refractivity contribution in [1.82, 2.24) is 4.90 Å². The summed E-state index contributed by atoms with van der Waals surface area (Å²) in [5.74, 6) is -0.0428. The van der Waals surface area contributed by atoms with Gasteiger partial charge >= 0.3 is 5.97 Å². The van der Waals surface area contributed by atoms with E-state index < -0.39 is 5.97 Å². The standard InChI is InChI=1S/C15H21NO2/c1-11-6-7-16(12(2)8-11)10-13-4-3-5-14(9-13)15(17)18/h3-5,9,11-12H,6-8,10H2,1-2H3,(H,17,18). The summed E-state index contributed by atoms with van der Waals surface area (Å²) in [6.45, 7) is 6.53. The Morgan fingerprint density at radius 3 is 2.89 bits per heavy atom. The van der Waals surface area contributed by atoms with Crippen molar-refractivity contribution in [2.75, 3.05) is 6.54 Å². The van der Waals surface area contributed by atoms with Crippen LogP contribution >= 0.6 is 0 Å². The molecule has 1 aliphatic rings. The largest absolute Gasteiger partial charge is 0.478 e. The second-order valence-electron chi connectivity index (χ2n) is 5.45. The first-order valence-corrected chi connectivity index (χ1v) is 6.62. The van der Waals surface area contributed by atoms with Crippen molar-refractivity contribution in [1.29, 1.82) is 0 Å². The van der Waals surface area contributed by atoms with Crippen LogP contribution in [0.5, 0.6) is 0 Å². The molecule has 1 saturated heterocycles. The Bertz CT molecular complexity index is 430. The minimum Gasteiger partial charge on any atom is -0.478 e. The van der Waals surface area contributed by atoms with Crippen molar-refractivity contribution < 1.29 is 9.90 Å². The number of rotatable bonds is 3. The minimum atomic E-state index is -0.850. The van der Waals surface area contributed by atoms with E-state index in [0.717, 1.165) is 24.6 Å². The number of likely N-dealkylation sites (tertiary alicyclic amines) is 1. The zero-order valence-electron chi connectivity index (χ0n) is 11.1. The van der Waals surface area contributed by atoms with Crippen molar-refractivity contribution in [3.05, 3.63) is 35.4 Å². The molecule has 2 unspecified atom stereocenters. The lowest BCUT2D eigenvalue weighted by atomic mass is 9.93. The van der Waals surface area contributed by atoms with Crippen LogP contribution in [0.1, 0.15) is 42.6 Å². The van der Waals surface area contributed by atoms with Gasteiger partial charge in [-0.1, -0.05) is 19.1 Å². The molecule has 0 saturated carbocycles. The van der Waals surface area contributed by atoms with Gasteiger partial charge in [-0.3, -0.25) is 4.90 Å². The van der Waals surface area contributed by atoms with Gasteiger partial charge < -0.3 is 5.11 Å². The maximum absolute atomic E-state index is 10.9. The summed E-state index contributed by atoms with van der Waals surface area (Å²) < 4.78 is 0. The number of hydrogen-bond donors (Lipinski definition) is 1. The highest BCUT2D eigenvalue weighted by Gasteiger charge is 2.22. The fourth-order valence-corrected chi connectivity index (χ4v) is 2.73. The Hall–Kier alpha value is -1.35. The van der Waals surface area contributed by atoms with E-state index in [1.165, 1.54) is 12.8 Å². The van der Waals surface area contributed by atoms with Crippen molar-refractivity contribution >= 4 is 5.97 Å². The Morgan fingerprint density at radius 1 is 1.44 bits per heavy atom. The molecule has 98 valence electrons. The molecular weight excluding hydrogens is 226 g/mol. The summed E-state index contributed by atoms with van der Waals surface area (Å²) in [6, 6.07) is 7.86. The average molecular weight is 247 g/mol. The Labute approximate surface area is 108 Å². The van der Waals surface area contributed by atoms with Crippen molar-refractivity contribution in [3.8, 4) is 0 Å². The second-order valence-corrected chi connectivity index (χ2v) is 5.45. The molecule has 0 radical (unpaired) electrons. The molecule has 0 amide bonds. The summed E-state index contributed by atoms with van der Waals surface area (Å²) in [7, 11) is 0. The first-order valence-electron chi connectivity index (χ1n) is 6.62. The molecule has 0 aromatic heterocycles. The number of carboxylic acids is 1. The number of nitrogens with zero attached hydrogens (tertiary/aromatic N) is 1. The average Bonchev–Trinajstić information content (AvgIpc) is 2.33. The highest BCUT2D eigenvalue weighted by atomic mass is 16.4. The zero-order chi connectivity index (χ0) is 13.1. The normalized spacial score (nSPS) is 25.0. The Kier molecular flexibility index (Phi) is 4.02. The molecule has 0 bridgehead atoms. The molecule has 0 spiro atoms. The highest BCUT2D eigenvalue weighted by molar-refractivity contribution is 5.87. The van der Waals surface area contributed by atoms with Crippen LogP contribution in [-0.4, -0.2) is 28.6 Å². The summed E-state index contributed by atoms with van der Waals surface area (Å²) in [5.41, 5.74) is 1.47. The van der Waals surface area contributed by atoms with Crippen LogP contribution in [0.15, 0.2) is 24.3 Å². The fourth-order valence-electron chi connectivity index (χ4n) is 2.73. The molecule has 0 aliphatic carbocycles. The van der Waals surface area contributed by atoms with E-state index in [0.29, 0.717) is 11.6 Å². The Morgan fingerprint density at radius 2 is 2.22 bits per heavy atom. The van der Waals surface area contributed by atoms with Gasteiger partial charge in [-0.25, -0.2) is 4.79 Å². The van der Waals surface area contributed by atoms with E-state index in [-0.39, 0.29) is 0 Å². The number of aromatic carboxylic acids is 1. The van der Waals surface area contributed by atoms with E-state index in [1.54, 1.807) is 12.1 Å². The predicted molar refractivity (Wildman–Crippen MR) is 71.7 cm³/mol. The predicted octanol–water partition coefficient (Wildman–Crippen LogP) is 3.01. The van der Waals surface area contributed by atoms with Crippen LogP contribution < -0.4 is 0 Å².